The average Bonchev–Trinajstić information content (AvgIpc) is 3.53. The molecule has 0 radical (unpaired) electrons. The molecule has 1 saturated heterocycles. The molecule has 2 aromatic heterocycles. The van der Waals surface area contributed by atoms with Crippen LogP contribution in [0.2, 0.25) is 0 Å². The predicted octanol–water partition coefficient (Wildman–Crippen LogP) is 3.08. The first-order valence-corrected chi connectivity index (χ1v) is 14.8. The van der Waals surface area contributed by atoms with E-state index in [-0.39, 0.29) is 28.5 Å². The highest BCUT2D eigenvalue weighted by atomic mass is 32.5. The summed E-state index contributed by atoms with van der Waals surface area (Å²) >= 11 is 5.61. The first kappa shape index (κ1) is 29.8. The number of nitrogens with zero attached hydrogens (tertiary/aromatic N) is 4. The predicted molar refractivity (Wildman–Crippen MR) is 148 cm³/mol. The number of hydrogen-bond donors (Lipinski definition) is 3. The summed E-state index contributed by atoms with van der Waals surface area (Å²) < 4.78 is 64.1. The van der Waals surface area contributed by atoms with E-state index in [1.807, 2.05) is 0 Å². The summed E-state index contributed by atoms with van der Waals surface area (Å²) in [4.78, 5) is 12.0. The van der Waals surface area contributed by atoms with Gasteiger partial charge < -0.3 is 39.2 Å². The highest BCUT2D eigenvalue weighted by molar-refractivity contribution is 8.07. The number of aliphatic hydroxyl groups excluding tert-OH is 2. The second kappa shape index (κ2) is 11.9. The number of rotatable bonds is 11. The van der Waals surface area contributed by atoms with Crippen molar-refractivity contribution < 1.29 is 46.8 Å². The number of alkyl halides is 2. The Hall–Kier alpha value is -3.66. The Labute approximate surface area is 243 Å². The van der Waals surface area contributed by atoms with Gasteiger partial charge in [0.1, 0.15) is 47.1 Å². The van der Waals surface area contributed by atoms with Gasteiger partial charge in [-0.3, -0.25) is 9.09 Å². The van der Waals surface area contributed by atoms with Crippen LogP contribution in [-0.2, 0) is 21.1 Å². The highest BCUT2D eigenvalue weighted by Crippen LogP contribution is 2.53. The van der Waals surface area contributed by atoms with Crippen LogP contribution in [0.25, 0.3) is 11.2 Å². The van der Waals surface area contributed by atoms with Crippen molar-refractivity contribution in [2.75, 3.05) is 26.6 Å². The fourth-order valence-corrected chi connectivity index (χ4v) is 6.17. The molecule has 0 aliphatic carbocycles. The molecule has 17 heteroatoms. The van der Waals surface area contributed by atoms with Gasteiger partial charge in [-0.2, -0.15) is 0 Å². The number of ether oxygens (including phenoxy) is 3. The molecule has 0 amide bonds. The molecule has 224 valence electrons. The molecule has 4 N–H and O–H groups in total. The molecule has 1 fully saturated rings. The van der Waals surface area contributed by atoms with Crippen molar-refractivity contribution in [3.63, 3.8) is 0 Å². The van der Waals surface area contributed by atoms with Crippen molar-refractivity contribution in [3.05, 3.63) is 61.2 Å². The van der Waals surface area contributed by atoms with Crippen molar-refractivity contribution >= 4 is 35.5 Å². The number of imidazole rings is 1. The Balaban J connectivity index is 1.44. The van der Waals surface area contributed by atoms with Crippen LogP contribution in [0.5, 0.6) is 23.0 Å². The van der Waals surface area contributed by atoms with E-state index < -0.39 is 43.8 Å². The summed E-state index contributed by atoms with van der Waals surface area (Å²) in [5.41, 5.74) is 3.32. The Kier molecular flexibility index (Phi) is 8.46. The van der Waals surface area contributed by atoms with Crippen LogP contribution in [0.15, 0.2) is 61.2 Å². The third-order valence-corrected chi connectivity index (χ3v) is 8.57. The molecule has 0 saturated carbocycles. The quantitative estimate of drug-likeness (QED) is 0.209. The van der Waals surface area contributed by atoms with Gasteiger partial charge in [-0.15, -0.1) is 0 Å². The normalized spacial score (nSPS) is 22.4. The Morgan fingerprint density at radius 1 is 0.976 bits per heavy atom. The maximum Gasteiger partial charge on any atom is 0.435 e. The largest absolute Gasteiger partial charge is 0.497 e. The lowest BCUT2D eigenvalue weighted by atomic mass is 9.96. The van der Waals surface area contributed by atoms with Gasteiger partial charge in [0.15, 0.2) is 23.3 Å². The van der Waals surface area contributed by atoms with E-state index in [0.717, 1.165) is 6.33 Å². The van der Waals surface area contributed by atoms with Crippen LogP contribution in [0.3, 0.4) is 0 Å². The molecule has 5 rings (SSSR count). The lowest BCUT2D eigenvalue weighted by molar-refractivity contribution is -0.191. The number of anilines is 1. The Bertz CT molecular complexity index is 1530. The first-order valence-electron chi connectivity index (χ1n) is 12.3. The van der Waals surface area contributed by atoms with Crippen LogP contribution < -0.4 is 24.3 Å². The molecule has 0 unspecified atom stereocenters. The zero-order chi connectivity index (χ0) is 30.1. The number of fused-ring (bicyclic) bond motifs is 1. The topological polar surface area (TPSA) is 165 Å². The minimum Gasteiger partial charge on any atom is -0.497 e. The SMILES string of the molecule is COc1ccc(OP(=S)(OC[C@@]2(C(F)F)O[C@@H](n3cnc4c(N)ncnc43)[C@H](O)[C@H]2O)Oc2ccc(OC)cc2)cc1. The van der Waals surface area contributed by atoms with Crippen molar-refractivity contribution in [2.24, 2.45) is 0 Å². The van der Waals surface area contributed by atoms with Gasteiger partial charge in [-0.25, -0.2) is 23.7 Å². The van der Waals surface area contributed by atoms with Crippen molar-refractivity contribution in [1.29, 1.82) is 0 Å². The van der Waals surface area contributed by atoms with Crippen molar-refractivity contribution in [3.8, 4) is 23.0 Å². The number of nitrogens with two attached hydrogens (primary N) is 1. The summed E-state index contributed by atoms with van der Waals surface area (Å²) in [5.74, 6) is 1.50. The van der Waals surface area contributed by atoms with Crippen LogP contribution in [0, 0.1) is 0 Å². The maximum atomic E-state index is 14.7. The van der Waals surface area contributed by atoms with Gasteiger partial charge in [0, 0.05) is 11.8 Å². The summed E-state index contributed by atoms with van der Waals surface area (Å²) in [5, 5.41) is 21.8. The molecule has 3 heterocycles. The molecule has 42 heavy (non-hydrogen) atoms. The Morgan fingerprint density at radius 3 is 2.05 bits per heavy atom. The van der Waals surface area contributed by atoms with E-state index in [1.165, 1.54) is 49.4 Å². The summed E-state index contributed by atoms with van der Waals surface area (Å²) in [7, 11) is 2.98. The third kappa shape index (κ3) is 5.69. The molecular weight excluding hydrogens is 599 g/mol. The lowest BCUT2D eigenvalue weighted by Crippen LogP contribution is -2.52. The second-order valence-electron chi connectivity index (χ2n) is 9.04. The summed E-state index contributed by atoms with van der Waals surface area (Å²) in [6.07, 6.45) is -6.56. The Morgan fingerprint density at radius 2 is 1.52 bits per heavy atom. The molecular formula is C25H26F2N5O8PS. The van der Waals surface area contributed by atoms with E-state index >= 15 is 0 Å². The molecule has 1 aliphatic rings. The minimum atomic E-state index is -3.93. The molecule has 13 nitrogen and oxygen atoms in total. The van der Waals surface area contributed by atoms with Gasteiger partial charge in [0.05, 0.1) is 27.2 Å². The molecule has 2 aromatic carbocycles. The van der Waals surface area contributed by atoms with Gasteiger partial charge >= 0.3 is 6.72 Å². The number of hydrogen-bond acceptors (Lipinski definition) is 13. The van der Waals surface area contributed by atoms with E-state index in [9.17, 15) is 19.0 Å². The van der Waals surface area contributed by atoms with Crippen molar-refractivity contribution in [2.45, 2.75) is 30.5 Å². The molecule has 4 atom stereocenters. The van der Waals surface area contributed by atoms with Crippen LogP contribution >= 0.6 is 6.72 Å². The van der Waals surface area contributed by atoms with Crippen LogP contribution in [0.1, 0.15) is 6.23 Å². The first-order chi connectivity index (χ1) is 20.1. The number of halogens is 2. The fraction of sp³-hybridized carbons (Fsp3) is 0.320. The summed E-state index contributed by atoms with van der Waals surface area (Å²) in [6, 6.07) is 12.5. The fourth-order valence-electron chi connectivity index (χ4n) is 4.23. The monoisotopic (exact) mass is 625 g/mol. The van der Waals surface area contributed by atoms with Gasteiger partial charge in [-0.1, -0.05) is 0 Å². The van der Waals surface area contributed by atoms with E-state index in [0.29, 0.717) is 11.5 Å². The van der Waals surface area contributed by atoms with Gasteiger partial charge in [0.25, 0.3) is 6.43 Å². The highest BCUT2D eigenvalue weighted by Gasteiger charge is 2.61. The maximum absolute atomic E-state index is 14.7. The van der Waals surface area contributed by atoms with Gasteiger partial charge in [0.2, 0.25) is 0 Å². The molecule has 1 aliphatic heterocycles. The minimum absolute atomic E-state index is 0.0299. The second-order valence-corrected chi connectivity index (χ2v) is 11.9. The van der Waals surface area contributed by atoms with Gasteiger partial charge in [-0.05, 0) is 48.5 Å². The number of nitrogen functional groups attached to an aromatic ring is 1. The zero-order valence-corrected chi connectivity index (χ0v) is 23.8. The number of aliphatic hydroxyl groups is 2. The van der Waals surface area contributed by atoms with E-state index in [1.54, 1.807) is 24.3 Å². The number of benzene rings is 2. The number of aromatic nitrogens is 4. The average molecular weight is 626 g/mol. The lowest BCUT2D eigenvalue weighted by Gasteiger charge is -2.33. The van der Waals surface area contributed by atoms with Crippen molar-refractivity contribution in [1.82, 2.24) is 19.5 Å². The van der Waals surface area contributed by atoms with Crippen LogP contribution in [0.4, 0.5) is 14.6 Å². The smallest absolute Gasteiger partial charge is 0.435 e. The molecule has 0 spiro atoms. The molecule has 4 aromatic rings. The standard InChI is InChI=1S/C25H26F2N5O8PS/c1-35-14-3-7-16(8-4-14)39-41(42,40-17-9-5-15(36-2)6-10-17)37-11-25(24(26)27)20(34)19(33)23(38-25)32-13-31-18-21(28)29-12-30-22(18)32/h3-10,12-13,19-20,23-24,33-34H,11H2,1-2H3,(H2,28,29,30)/t19-,20-,23-,25-/m1/s1. The van der Waals surface area contributed by atoms with Crippen LogP contribution in [-0.4, -0.2) is 74.8 Å². The van der Waals surface area contributed by atoms with E-state index in [2.05, 4.69) is 15.0 Å². The third-order valence-electron chi connectivity index (χ3n) is 6.49. The zero-order valence-electron chi connectivity index (χ0n) is 22.1. The van der Waals surface area contributed by atoms with E-state index in [4.69, 9.17) is 45.3 Å². The molecule has 0 bridgehead atoms. The summed E-state index contributed by atoms with van der Waals surface area (Å²) in [6.45, 7) is -4.95. The number of methoxy groups -OCH3 is 2.